The number of esters is 1. The fourth-order valence-electron chi connectivity index (χ4n) is 4.45. The molecule has 32 heavy (non-hydrogen) atoms. The maximum Gasteiger partial charge on any atom is 0.408 e. The molecule has 164 valence electrons. The number of nitrogens with two attached hydrogens (primary N) is 1. The first-order valence-electron chi connectivity index (χ1n) is 10.5. The SMILES string of the molecule is CC[C@@]1(OC(=O)NCCN)C(=O)OCc2c1cc1n(c2=O)Cc2cc3ccccc3nc2-1. The van der Waals surface area contributed by atoms with Gasteiger partial charge in [-0.25, -0.2) is 14.6 Å². The van der Waals surface area contributed by atoms with E-state index in [2.05, 4.69) is 5.32 Å². The average Bonchev–Trinajstić information content (AvgIpc) is 3.16. The molecule has 1 aromatic carbocycles. The van der Waals surface area contributed by atoms with E-state index in [4.69, 9.17) is 20.2 Å². The molecular formula is C23H22N4O5. The van der Waals surface area contributed by atoms with Gasteiger partial charge in [-0.05, 0) is 24.6 Å². The van der Waals surface area contributed by atoms with E-state index in [0.717, 1.165) is 16.5 Å². The van der Waals surface area contributed by atoms with Gasteiger partial charge in [-0.3, -0.25) is 4.79 Å². The summed E-state index contributed by atoms with van der Waals surface area (Å²) in [6, 6.07) is 11.5. The van der Waals surface area contributed by atoms with Crippen LogP contribution in [0.1, 0.15) is 30.0 Å². The molecule has 0 radical (unpaired) electrons. The number of nitrogens with zero attached hydrogens (tertiary/aromatic N) is 2. The van der Waals surface area contributed by atoms with E-state index in [1.165, 1.54) is 0 Å². The number of benzene rings is 1. The first kappa shape index (κ1) is 20.2. The number of ether oxygens (including phenoxy) is 2. The number of rotatable bonds is 4. The Morgan fingerprint density at radius 1 is 1.31 bits per heavy atom. The van der Waals surface area contributed by atoms with Crippen molar-refractivity contribution in [2.45, 2.75) is 32.1 Å². The second-order valence-corrected chi connectivity index (χ2v) is 7.86. The molecule has 4 heterocycles. The van der Waals surface area contributed by atoms with Crippen LogP contribution in [-0.4, -0.2) is 34.7 Å². The molecule has 5 rings (SSSR count). The second-order valence-electron chi connectivity index (χ2n) is 7.86. The molecule has 2 aromatic heterocycles. The number of para-hydroxylation sites is 1. The van der Waals surface area contributed by atoms with Gasteiger partial charge in [-0.1, -0.05) is 25.1 Å². The zero-order chi connectivity index (χ0) is 22.5. The van der Waals surface area contributed by atoms with Crippen LogP contribution in [-0.2, 0) is 33.0 Å². The van der Waals surface area contributed by atoms with Crippen molar-refractivity contribution in [1.82, 2.24) is 14.9 Å². The van der Waals surface area contributed by atoms with Gasteiger partial charge in [-0.2, -0.15) is 0 Å². The van der Waals surface area contributed by atoms with Crippen molar-refractivity contribution in [3.05, 3.63) is 63.4 Å². The maximum atomic E-state index is 13.4. The van der Waals surface area contributed by atoms with Crippen LogP contribution in [0.2, 0.25) is 0 Å². The summed E-state index contributed by atoms with van der Waals surface area (Å²) >= 11 is 0. The van der Waals surface area contributed by atoms with E-state index in [0.29, 0.717) is 29.1 Å². The van der Waals surface area contributed by atoms with Crippen molar-refractivity contribution < 1.29 is 19.1 Å². The van der Waals surface area contributed by atoms with Crippen molar-refractivity contribution in [3.63, 3.8) is 0 Å². The van der Waals surface area contributed by atoms with Crippen molar-refractivity contribution in [2.24, 2.45) is 5.73 Å². The highest BCUT2D eigenvalue weighted by Crippen LogP contribution is 2.40. The average molecular weight is 434 g/mol. The number of cyclic esters (lactones) is 1. The molecule has 0 bridgehead atoms. The quantitative estimate of drug-likeness (QED) is 0.469. The lowest BCUT2D eigenvalue weighted by Crippen LogP contribution is -2.49. The summed E-state index contributed by atoms with van der Waals surface area (Å²) in [6.07, 6.45) is -0.692. The standard InChI is InChI=1S/C23H22N4O5/c1-2-23(32-22(30)25-8-7-24)16-10-18-19-14(9-13-5-3-4-6-17(13)26-19)11-27(18)20(28)15(16)12-31-21(23)29/h3-6,9-10H,2,7-8,11-12,24H2,1H3,(H,25,30)/t23-/m0/s1. The van der Waals surface area contributed by atoms with Crippen molar-refractivity contribution in [2.75, 3.05) is 13.1 Å². The van der Waals surface area contributed by atoms with E-state index in [-0.39, 0.29) is 31.7 Å². The van der Waals surface area contributed by atoms with Crippen LogP contribution in [0.3, 0.4) is 0 Å². The van der Waals surface area contributed by atoms with E-state index in [1.54, 1.807) is 17.6 Å². The first-order valence-corrected chi connectivity index (χ1v) is 10.5. The smallest absolute Gasteiger partial charge is 0.408 e. The Balaban J connectivity index is 1.69. The van der Waals surface area contributed by atoms with Crippen molar-refractivity contribution in [3.8, 4) is 11.4 Å². The first-order chi connectivity index (χ1) is 15.5. The van der Waals surface area contributed by atoms with Gasteiger partial charge in [0.2, 0.25) is 5.60 Å². The summed E-state index contributed by atoms with van der Waals surface area (Å²) < 4.78 is 12.5. The van der Waals surface area contributed by atoms with Gasteiger partial charge in [-0.15, -0.1) is 0 Å². The molecule has 1 atom stereocenters. The highest BCUT2D eigenvalue weighted by Gasteiger charge is 2.50. The van der Waals surface area contributed by atoms with Crippen LogP contribution in [0.15, 0.2) is 41.2 Å². The van der Waals surface area contributed by atoms with E-state index < -0.39 is 17.7 Å². The summed E-state index contributed by atoms with van der Waals surface area (Å²) in [5, 5.41) is 3.49. The summed E-state index contributed by atoms with van der Waals surface area (Å²) in [5.41, 5.74) is 7.08. The van der Waals surface area contributed by atoms with Crippen LogP contribution in [0.4, 0.5) is 4.79 Å². The number of nitrogens with one attached hydrogen (secondary N) is 1. The fraction of sp³-hybridized carbons (Fsp3) is 0.304. The minimum absolute atomic E-state index is 0.107. The largest absolute Gasteiger partial charge is 0.457 e. The lowest BCUT2D eigenvalue weighted by Gasteiger charge is -2.35. The number of carbonyl (C=O) groups excluding carboxylic acids is 2. The number of alkyl carbamates (subject to hydrolysis) is 1. The molecule has 3 N–H and O–H groups in total. The topological polar surface area (TPSA) is 126 Å². The molecule has 0 spiro atoms. The Morgan fingerprint density at radius 3 is 2.91 bits per heavy atom. The van der Waals surface area contributed by atoms with E-state index in [1.807, 2.05) is 30.3 Å². The van der Waals surface area contributed by atoms with Gasteiger partial charge in [0.1, 0.15) is 6.61 Å². The molecule has 1 amide bonds. The zero-order valence-electron chi connectivity index (χ0n) is 17.5. The Hall–Kier alpha value is -3.72. The minimum Gasteiger partial charge on any atom is -0.457 e. The van der Waals surface area contributed by atoms with Crippen LogP contribution < -0.4 is 16.6 Å². The summed E-state index contributed by atoms with van der Waals surface area (Å²) in [7, 11) is 0. The molecule has 9 nitrogen and oxygen atoms in total. The van der Waals surface area contributed by atoms with Crippen LogP contribution in [0.5, 0.6) is 0 Å². The molecule has 0 aliphatic carbocycles. The van der Waals surface area contributed by atoms with E-state index >= 15 is 0 Å². The third-order valence-electron chi connectivity index (χ3n) is 6.07. The molecule has 0 saturated carbocycles. The normalized spacial score (nSPS) is 18.5. The number of carbonyl (C=O) groups is 2. The fourth-order valence-corrected chi connectivity index (χ4v) is 4.45. The number of pyridine rings is 2. The Kier molecular flexibility index (Phi) is 4.70. The van der Waals surface area contributed by atoms with Crippen molar-refractivity contribution in [1.29, 1.82) is 0 Å². The van der Waals surface area contributed by atoms with Gasteiger partial charge < -0.3 is 25.1 Å². The summed E-state index contributed by atoms with van der Waals surface area (Å²) in [4.78, 5) is 43.4. The number of hydrogen-bond donors (Lipinski definition) is 2. The third-order valence-corrected chi connectivity index (χ3v) is 6.07. The van der Waals surface area contributed by atoms with Gasteiger partial charge in [0.15, 0.2) is 0 Å². The van der Waals surface area contributed by atoms with Gasteiger partial charge in [0.25, 0.3) is 5.56 Å². The maximum absolute atomic E-state index is 13.4. The zero-order valence-corrected chi connectivity index (χ0v) is 17.5. The number of fused-ring (bicyclic) bond motifs is 5. The molecule has 9 heteroatoms. The Morgan fingerprint density at radius 2 is 2.12 bits per heavy atom. The summed E-state index contributed by atoms with van der Waals surface area (Å²) in [6.45, 7) is 2.32. The predicted molar refractivity (Wildman–Crippen MR) is 116 cm³/mol. The highest BCUT2D eigenvalue weighted by molar-refractivity contribution is 5.88. The number of amides is 1. The summed E-state index contributed by atoms with van der Waals surface area (Å²) in [5.74, 6) is -0.704. The molecule has 0 unspecified atom stereocenters. The van der Waals surface area contributed by atoms with Gasteiger partial charge >= 0.3 is 12.1 Å². The minimum atomic E-state index is -1.72. The third kappa shape index (κ3) is 2.89. The number of hydrogen-bond acceptors (Lipinski definition) is 7. The lowest BCUT2D eigenvalue weighted by molar-refractivity contribution is -0.172. The second kappa shape index (κ2) is 7.45. The lowest BCUT2D eigenvalue weighted by atomic mass is 9.85. The Bertz CT molecular complexity index is 1330. The Labute approximate surface area is 183 Å². The molecule has 3 aromatic rings. The van der Waals surface area contributed by atoms with Gasteiger partial charge in [0, 0.05) is 29.6 Å². The van der Waals surface area contributed by atoms with Crippen molar-refractivity contribution >= 4 is 23.0 Å². The predicted octanol–water partition coefficient (Wildman–Crippen LogP) is 1.77. The molecular weight excluding hydrogens is 412 g/mol. The van der Waals surface area contributed by atoms with Crippen LogP contribution >= 0.6 is 0 Å². The molecule has 2 aliphatic heterocycles. The molecule has 0 saturated heterocycles. The molecule has 2 aliphatic rings. The highest BCUT2D eigenvalue weighted by atomic mass is 16.6. The molecule has 0 fully saturated rings. The monoisotopic (exact) mass is 434 g/mol. The van der Waals surface area contributed by atoms with Crippen LogP contribution in [0, 0.1) is 0 Å². The van der Waals surface area contributed by atoms with Gasteiger partial charge in [0.05, 0.1) is 29.0 Å². The number of aromatic nitrogens is 2. The van der Waals surface area contributed by atoms with E-state index in [9.17, 15) is 14.4 Å². The van der Waals surface area contributed by atoms with Crippen LogP contribution in [0.25, 0.3) is 22.3 Å².